The number of rotatable bonds is 6. The number of nitrogens with two attached hydrogens (primary N) is 1. The zero-order valence-corrected chi connectivity index (χ0v) is 12.0. The van der Waals surface area contributed by atoms with Gasteiger partial charge >= 0.3 is 0 Å². The van der Waals surface area contributed by atoms with Crippen LogP contribution in [-0.4, -0.2) is 28.5 Å². The van der Waals surface area contributed by atoms with Crippen molar-refractivity contribution in [2.45, 2.75) is 32.7 Å². The number of aryl methyl sites for hydroxylation is 1. The molecule has 0 spiro atoms. The van der Waals surface area contributed by atoms with E-state index in [0.29, 0.717) is 10.4 Å². The van der Waals surface area contributed by atoms with Crippen LogP contribution in [0.25, 0.3) is 0 Å². The van der Waals surface area contributed by atoms with Crippen LogP contribution in [0, 0.1) is 12.3 Å². The highest BCUT2D eigenvalue weighted by Crippen LogP contribution is 2.49. The lowest BCUT2D eigenvalue weighted by atomic mass is 10.0. The number of nitrogens with zero attached hydrogens (tertiary/aromatic N) is 2. The van der Waals surface area contributed by atoms with Gasteiger partial charge in [0.2, 0.25) is 0 Å². The summed E-state index contributed by atoms with van der Waals surface area (Å²) < 4.78 is 0. The molecule has 1 aromatic rings. The number of hydrogen-bond donors (Lipinski definition) is 1. The number of thiocarbonyl (C=S) groups is 1. The predicted octanol–water partition coefficient (Wildman–Crippen LogP) is 2.34. The maximum Gasteiger partial charge on any atom is 0.0897 e. The van der Waals surface area contributed by atoms with Gasteiger partial charge in [-0.1, -0.05) is 12.2 Å². The quantitative estimate of drug-likeness (QED) is 0.805. The summed E-state index contributed by atoms with van der Waals surface area (Å²) in [7, 11) is 2.15. The molecule has 1 aliphatic rings. The highest BCUT2D eigenvalue weighted by Gasteiger charge is 2.43. The van der Waals surface area contributed by atoms with Crippen LogP contribution in [0.3, 0.4) is 0 Å². The summed E-state index contributed by atoms with van der Waals surface area (Å²) in [6.07, 6.45) is 3.40. The average molecular weight is 269 g/mol. The summed E-state index contributed by atoms with van der Waals surface area (Å²) in [5.74, 6) is 0. The molecule has 0 unspecified atom stereocenters. The second-order valence-corrected chi connectivity index (χ2v) is 6.76. The number of aromatic nitrogens is 1. The molecule has 2 N–H and O–H groups in total. The number of thiazole rings is 1. The Kier molecular flexibility index (Phi) is 3.80. The maximum atomic E-state index is 5.65. The molecule has 5 heteroatoms. The van der Waals surface area contributed by atoms with Crippen molar-refractivity contribution in [1.82, 2.24) is 9.88 Å². The van der Waals surface area contributed by atoms with Crippen LogP contribution in [-0.2, 0) is 6.54 Å². The van der Waals surface area contributed by atoms with Gasteiger partial charge < -0.3 is 5.73 Å². The minimum Gasteiger partial charge on any atom is -0.393 e. The molecule has 3 nitrogen and oxygen atoms in total. The van der Waals surface area contributed by atoms with E-state index in [1.807, 2.05) is 6.92 Å². The molecule has 0 aliphatic heterocycles. The Hall–Kier alpha value is -0.520. The van der Waals surface area contributed by atoms with Gasteiger partial charge in [-0.25, -0.2) is 4.98 Å². The van der Waals surface area contributed by atoms with E-state index in [4.69, 9.17) is 18.0 Å². The minimum absolute atomic E-state index is 0.367. The zero-order valence-electron chi connectivity index (χ0n) is 10.4. The highest BCUT2D eigenvalue weighted by atomic mass is 32.1. The Labute approximate surface area is 112 Å². The SMILES string of the molecule is Cc1nc(CN(C)CC2(CC(N)=S)CC2)cs1. The van der Waals surface area contributed by atoms with Crippen LogP contribution in [0.1, 0.15) is 30.0 Å². The summed E-state index contributed by atoms with van der Waals surface area (Å²) in [5.41, 5.74) is 7.19. The lowest BCUT2D eigenvalue weighted by molar-refractivity contribution is 0.257. The Morgan fingerprint density at radius 2 is 2.35 bits per heavy atom. The van der Waals surface area contributed by atoms with E-state index in [1.54, 1.807) is 11.3 Å². The first-order chi connectivity index (χ1) is 7.99. The van der Waals surface area contributed by atoms with Crippen molar-refractivity contribution in [3.63, 3.8) is 0 Å². The minimum atomic E-state index is 0.367. The van der Waals surface area contributed by atoms with Crippen molar-refractivity contribution in [2.75, 3.05) is 13.6 Å². The summed E-state index contributed by atoms with van der Waals surface area (Å²) in [6, 6.07) is 0. The first kappa shape index (κ1) is 12.9. The van der Waals surface area contributed by atoms with Gasteiger partial charge in [0.1, 0.15) is 0 Å². The van der Waals surface area contributed by atoms with E-state index in [-0.39, 0.29) is 0 Å². The Morgan fingerprint density at radius 1 is 1.65 bits per heavy atom. The Balaban J connectivity index is 1.85. The van der Waals surface area contributed by atoms with Crippen molar-refractivity contribution >= 4 is 28.5 Å². The smallest absolute Gasteiger partial charge is 0.0897 e. The average Bonchev–Trinajstić information content (AvgIpc) is 2.80. The topological polar surface area (TPSA) is 42.2 Å². The molecule has 1 heterocycles. The molecule has 0 aromatic carbocycles. The van der Waals surface area contributed by atoms with E-state index in [2.05, 4.69) is 22.3 Å². The van der Waals surface area contributed by atoms with Crippen LogP contribution in [0.15, 0.2) is 5.38 Å². The zero-order chi connectivity index (χ0) is 12.5. The monoisotopic (exact) mass is 269 g/mol. The standard InChI is InChI=1S/C12H19N3S2/c1-9-14-10(7-17-9)6-15(2)8-12(3-4-12)5-11(13)16/h7H,3-6,8H2,1-2H3,(H2,13,16). The van der Waals surface area contributed by atoms with Crippen molar-refractivity contribution in [2.24, 2.45) is 11.1 Å². The largest absolute Gasteiger partial charge is 0.393 e. The third-order valence-corrected chi connectivity index (χ3v) is 4.18. The van der Waals surface area contributed by atoms with Crippen molar-refractivity contribution in [3.8, 4) is 0 Å². The third-order valence-electron chi connectivity index (χ3n) is 3.21. The molecule has 0 amide bonds. The van der Waals surface area contributed by atoms with Crippen molar-refractivity contribution in [3.05, 3.63) is 16.1 Å². The molecule has 0 bridgehead atoms. The Morgan fingerprint density at radius 3 is 2.82 bits per heavy atom. The molecule has 1 aliphatic carbocycles. The van der Waals surface area contributed by atoms with E-state index in [0.717, 1.165) is 24.5 Å². The van der Waals surface area contributed by atoms with Gasteiger partial charge in [-0.2, -0.15) is 0 Å². The first-order valence-electron chi connectivity index (χ1n) is 5.87. The van der Waals surface area contributed by atoms with Crippen LogP contribution < -0.4 is 5.73 Å². The lowest BCUT2D eigenvalue weighted by Gasteiger charge is -2.22. The molecule has 94 valence electrons. The van der Waals surface area contributed by atoms with Crippen molar-refractivity contribution < 1.29 is 0 Å². The van der Waals surface area contributed by atoms with Gasteiger partial charge in [0, 0.05) is 24.9 Å². The summed E-state index contributed by atoms with van der Waals surface area (Å²) >= 11 is 6.73. The van der Waals surface area contributed by atoms with E-state index in [9.17, 15) is 0 Å². The van der Waals surface area contributed by atoms with E-state index >= 15 is 0 Å². The molecule has 17 heavy (non-hydrogen) atoms. The third kappa shape index (κ3) is 3.72. The highest BCUT2D eigenvalue weighted by molar-refractivity contribution is 7.80. The molecule has 0 atom stereocenters. The summed E-state index contributed by atoms with van der Waals surface area (Å²) in [6.45, 7) is 4.04. The van der Waals surface area contributed by atoms with Gasteiger partial charge in [0.05, 0.1) is 15.7 Å². The van der Waals surface area contributed by atoms with Crippen LogP contribution >= 0.6 is 23.6 Å². The molecular formula is C12H19N3S2. The van der Waals surface area contributed by atoms with Gasteiger partial charge in [-0.05, 0) is 32.2 Å². The first-order valence-corrected chi connectivity index (χ1v) is 7.16. The van der Waals surface area contributed by atoms with Gasteiger partial charge in [-0.15, -0.1) is 11.3 Å². The van der Waals surface area contributed by atoms with E-state index < -0.39 is 0 Å². The van der Waals surface area contributed by atoms with Gasteiger partial charge in [0.15, 0.2) is 0 Å². The second-order valence-electron chi connectivity index (χ2n) is 5.17. The van der Waals surface area contributed by atoms with Crippen molar-refractivity contribution in [1.29, 1.82) is 0 Å². The van der Waals surface area contributed by atoms with Crippen LogP contribution in [0.2, 0.25) is 0 Å². The molecule has 0 radical (unpaired) electrons. The second kappa shape index (κ2) is 5.00. The summed E-state index contributed by atoms with van der Waals surface area (Å²) in [5, 5.41) is 3.27. The fraction of sp³-hybridized carbons (Fsp3) is 0.667. The maximum absolute atomic E-state index is 5.65. The normalized spacial score (nSPS) is 17.4. The molecule has 0 saturated heterocycles. The molecule has 1 aromatic heterocycles. The molecular weight excluding hydrogens is 250 g/mol. The van der Waals surface area contributed by atoms with Gasteiger partial charge in [0.25, 0.3) is 0 Å². The molecule has 1 saturated carbocycles. The molecule has 2 rings (SSSR count). The fourth-order valence-electron chi connectivity index (χ4n) is 2.32. The van der Waals surface area contributed by atoms with Gasteiger partial charge in [-0.3, -0.25) is 4.90 Å². The van der Waals surface area contributed by atoms with Crippen LogP contribution in [0.5, 0.6) is 0 Å². The number of hydrogen-bond acceptors (Lipinski definition) is 4. The van der Waals surface area contributed by atoms with E-state index in [1.165, 1.54) is 18.5 Å². The predicted molar refractivity (Wildman–Crippen MR) is 76.3 cm³/mol. The fourth-order valence-corrected chi connectivity index (χ4v) is 3.23. The Bertz CT molecular complexity index is 410. The molecule has 1 fully saturated rings. The van der Waals surface area contributed by atoms with Crippen LogP contribution in [0.4, 0.5) is 0 Å². The lowest BCUT2D eigenvalue weighted by Crippen LogP contribution is -2.29. The summed E-state index contributed by atoms with van der Waals surface area (Å²) in [4.78, 5) is 7.47.